The normalized spacial score (nSPS) is 24.0. The number of ether oxygens (including phenoxy) is 2. The van der Waals surface area contributed by atoms with Gasteiger partial charge in [-0.1, -0.05) is 31.2 Å². The van der Waals surface area contributed by atoms with Crippen molar-refractivity contribution in [1.82, 2.24) is 4.90 Å². The summed E-state index contributed by atoms with van der Waals surface area (Å²) in [6.45, 7) is 12.6. The van der Waals surface area contributed by atoms with Gasteiger partial charge in [0.1, 0.15) is 5.75 Å². The van der Waals surface area contributed by atoms with E-state index in [0.29, 0.717) is 17.2 Å². The van der Waals surface area contributed by atoms with Crippen LogP contribution < -0.4 is 9.92 Å². The van der Waals surface area contributed by atoms with Crippen LogP contribution in [0.15, 0.2) is 24.3 Å². The Morgan fingerprint density at radius 3 is 2.32 bits per heavy atom. The van der Waals surface area contributed by atoms with Gasteiger partial charge in [-0.3, -0.25) is 4.90 Å². The number of hydrogen-bond donors (Lipinski definition) is 0. The van der Waals surface area contributed by atoms with Crippen LogP contribution in [0.3, 0.4) is 0 Å². The lowest BCUT2D eigenvalue weighted by atomic mass is 10.1. The summed E-state index contributed by atoms with van der Waals surface area (Å²) in [6, 6.07) is 8.66. The predicted octanol–water partition coefficient (Wildman–Crippen LogP) is 2.19. The van der Waals surface area contributed by atoms with E-state index in [1.807, 2.05) is 0 Å². The Morgan fingerprint density at radius 2 is 1.77 bits per heavy atom. The second kappa shape index (κ2) is 7.62. The van der Waals surface area contributed by atoms with Gasteiger partial charge >= 0.3 is 0 Å². The van der Waals surface area contributed by atoms with Gasteiger partial charge in [0.05, 0.1) is 28.8 Å². The second-order valence-corrected chi connectivity index (χ2v) is 10.5. The molecule has 0 saturated carbocycles. The van der Waals surface area contributed by atoms with Crippen LogP contribution in [0.2, 0.25) is 5.04 Å². The van der Waals surface area contributed by atoms with Crippen LogP contribution in [0, 0.1) is 0 Å². The third kappa shape index (κ3) is 5.41. The maximum absolute atomic E-state index is 5.82. The quantitative estimate of drug-likeness (QED) is 0.750. The molecule has 0 aliphatic carbocycles. The lowest BCUT2D eigenvalue weighted by Crippen LogP contribution is -2.46. The standard InChI is InChI=1S/C18H31NO2Si/c1-14-12-19(13-15(2)21-14)11-10-18(3,4)22-17-8-6-16(20-5)7-9-17/h6-9,14-15H,10-13,22H2,1-5H3. The van der Waals surface area contributed by atoms with Gasteiger partial charge in [-0.05, 0) is 44.0 Å². The summed E-state index contributed by atoms with van der Waals surface area (Å²) in [5.41, 5.74) is 0. The van der Waals surface area contributed by atoms with E-state index in [1.165, 1.54) is 18.2 Å². The fraction of sp³-hybridized carbons (Fsp3) is 0.667. The van der Waals surface area contributed by atoms with Crippen molar-refractivity contribution in [3.05, 3.63) is 24.3 Å². The first-order valence-electron chi connectivity index (χ1n) is 8.39. The fourth-order valence-corrected chi connectivity index (χ4v) is 5.22. The van der Waals surface area contributed by atoms with Crippen LogP contribution in [0.5, 0.6) is 5.75 Å². The summed E-state index contributed by atoms with van der Waals surface area (Å²) < 4.78 is 11.1. The van der Waals surface area contributed by atoms with Crippen molar-refractivity contribution in [3.8, 4) is 5.75 Å². The van der Waals surface area contributed by atoms with E-state index in [1.54, 1.807) is 7.11 Å². The molecule has 1 aromatic rings. The highest BCUT2D eigenvalue weighted by Gasteiger charge is 2.25. The maximum atomic E-state index is 5.82. The molecule has 124 valence electrons. The van der Waals surface area contributed by atoms with Crippen LogP contribution in [-0.4, -0.2) is 53.4 Å². The Kier molecular flexibility index (Phi) is 6.06. The minimum atomic E-state index is -0.293. The Balaban J connectivity index is 1.84. The van der Waals surface area contributed by atoms with Gasteiger partial charge in [-0.2, -0.15) is 0 Å². The lowest BCUT2D eigenvalue weighted by molar-refractivity contribution is -0.0685. The van der Waals surface area contributed by atoms with E-state index in [9.17, 15) is 0 Å². The summed E-state index contributed by atoms with van der Waals surface area (Å²) in [7, 11) is 1.43. The van der Waals surface area contributed by atoms with Crippen molar-refractivity contribution >= 4 is 14.7 Å². The van der Waals surface area contributed by atoms with Crippen molar-refractivity contribution in [2.45, 2.75) is 51.4 Å². The van der Waals surface area contributed by atoms with Gasteiger partial charge in [0.25, 0.3) is 0 Å². The molecule has 4 heteroatoms. The molecule has 0 radical (unpaired) electrons. The van der Waals surface area contributed by atoms with Gasteiger partial charge in [-0.25, -0.2) is 0 Å². The zero-order chi connectivity index (χ0) is 16.2. The molecule has 0 spiro atoms. The molecule has 1 aromatic carbocycles. The number of nitrogens with zero attached hydrogens (tertiary/aromatic N) is 1. The van der Waals surface area contributed by atoms with Gasteiger partial charge in [0, 0.05) is 13.1 Å². The molecule has 2 rings (SSSR count). The zero-order valence-corrected chi connectivity index (χ0v) is 16.2. The number of hydrogen-bond acceptors (Lipinski definition) is 3. The number of morpholine rings is 1. The molecule has 22 heavy (non-hydrogen) atoms. The summed E-state index contributed by atoms with van der Waals surface area (Å²) in [5.74, 6) is 0.951. The van der Waals surface area contributed by atoms with Gasteiger partial charge in [-0.15, -0.1) is 0 Å². The first-order chi connectivity index (χ1) is 10.4. The summed E-state index contributed by atoms with van der Waals surface area (Å²) >= 11 is 0. The fourth-order valence-electron chi connectivity index (χ4n) is 3.31. The van der Waals surface area contributed by atoms with Crippen molar-refractivity contribution < 1.29 is 9.47 Å². The van der Waals surface area contributed by atoms with E-state index in [2.05, 4.69) is 56.9 Å². The highest BCUT2D eigenvalue weighted by molar-refractivity contribution is 6.56. The highest BCUT2D eigenvalue weighted by Crippen LogP contribution is 2.28. The maximum Gasteiger partial charge on any atom is 0.118 e. The highest BCUT2D eigenvalue weighted by atomic mass is 28.2. The first-order valence-corrected chi connectivity index (χ1v) is 9.80. The summed E-state index contributed by atoms with van der Waals surface area (Å²) in [6.07, 6.45) is 2.00. The second-order valence-electron chi connectivity index (χ2n) is 7.46. The topological polar surface area (TPSA) is 21.7 Å². The number of methoxy groups -OCH3 is 1. The van der Waals surface area contributed by atoms with Gasteiger partial charge in [0.15, 0.2) is 0 Å². The van der Waals surface area contributed by atoms with Crippen LogP contribution in [-0.2, 0) is 4.74 Å². The Morgan fingerprint density at radius 1 is 1.18 bits per heavy atom. The average molecular weight is 322 g/mol. The molecule has 3 nitrogen and oxygen atoms in total. The van der Waals surface area contributed by atoms with Crippen LogP contribution in [0.25, 0.3) is 0 Å². The molecule has 1 fully saturated rings. The molecule has 0 N–H and O–H groups in total. The molecular formula is C18H31NO2Si. The van der Waals surface area contributed by atoms with E-state index in [-0.39, 0.29) is 9.52 Å². The molecule has 1 aliphatic rings. The van der Waals surface area contributed by atoms with Crippen molar-refractivity contribution in [2.24, 2.45) is 0 Å². The van der Waals surface area contributed by atoms with Crippen molar-refractivity contribution in [2.75, 3.05) is 26.7 Å². The monoisotopic (exact) mass is 321 g/mol. The van der Waals surface area contributed by atoms with Gasteiger partial charge in [0.2, 0.25) is 0 Å². The molecule has 2 atom stereocenters. The van der Waals surface area contributed by atoms with Crippen LogP contribution in [0.4, 0.5) is 0 Å². The Labute approximate surface area is 137 Å². The minimum absolute atomic E-state index is 0.293. The molecule has 1 saturated heterocycles. The van der Waals surface area contributed by atoms with E-state index >= 15 is 0 Å². The predicted molar refractivity (Wildman–Crippen MR) is 96.3 cm³/mol. The SMILES string of the molecule is COc1ccc([SiH2]C(C)(C)CCN2CC(C)OC(C)C2)cc1. The molecule has 0 bridgehead atoms. The Bertz CT molecular complexity index is 451. The first kappa shape index (κ1) is 17.5. The van der Waals surface area contributed by atoms with Crippen LogP contribution in [0.1, 0.15) is 34.1 Å². The average Bonchev–Trinajstić information content (AvgIpc) is 2.45. The molecule has 0 aromatic heterocycles. The smallest absolute Gasteiger partial charge is 0.118 e. The molecule has 1 heterocycles. The third-order valence-electron chi connectivity index (χ3n) is 4.44. The van der Waals surface area contributed by atoms with Crippen LogP contribution >= 0.6 is 0 Å². The zero-order valence-electron chi connectivity index (χ0n) is 14.8. The Hall–Kier alpha value is -0.843. The summed E-state index contributed by atoms with van der Waals surface area (Å²) in [4.78, 5) is 2.57. The molecule has 0 amide bonds. The van der Waals surface area contributed by atoms with Crippen molar-refractivity contribution in [1.29, 1.82) is 0 Å². The van der Waals surface area contributed by atoms with E-state index in [0.717, 1.165) is 18.8 Å². The van der Waals surface area contributed by atoms with E-state index < -0.39 is 0 Å². The van der Waals surface area contributed by atoms with Gasteiger partial charge < -0.3 is 9.47 Å². The number of rotatable bonds is 6. The number of benzene rings is 1. The molecular weight excluding hydrogens is 290 g/mol. The third-order valence-corrected chi connectivity index (χ3v) is 6.63. The summed E-state index contributed by atoms with van der Waals surface area (Å²) in [5, 5.41) is 1.97. The van der Waals surface area contributed by atoms with E-state index in [4.69, 9.17) is 9.47 Å². The largest absolute Gasteiger partial charge is 0.497 e. The minimum Gasteiger partial charge on any atom is -0.497 e. The molecule has 1 aliphatic heterocycles. The molecule has 2 unspecified atom stereocenters. The van der Waals surface area contributed by atoms with Crippen molar-refractivity contribution in [3.63, 3.8) is 0 Å². The lowest BCUT2D eigenvalue weighted by Gasteiger charge is -2.37.